The summed E-state index contributed by atoms with van der Waals surface area (Å²) in [5.41, 5.74) is 0.854. The minimum Gasteiger partial charge on any atom is -0.359 e. The van der Waals surface area contributed by atoms with Crippen molar-refractivity contribution < 1.29 is 17.7 Å². The first-order valence-corrected chi connectivity index (χ1v) is 8.83. The summed E-state index contributed by atoms with van der Waals surface area (Å²) in [6.07, 6.45) is 1.38. The van der Waals surface area contributed by atoms with Crippen LogP contribution in [0.4, 0.5) is 0 Å². The lowest BCUT2D eigenvalue weighted by atomic mass is 10.2. The minimum atomic E-state index is -2.93. The average Bonchev–Trinajstić information content (AvgIpc) is 3.02. The molecule has 0 aromatic carbocycles. The van der Waals surface area contributed by atoms with Crippen LogP contribution >= 0.6 is 0 Å². The van der Waals surface area contributed by atoms with Crippen LogP contribution in [0.2, 0.25) is 0 Å². The Balaban J connectivity index is 1.76. The van der Waals surface area contributed by atoms with Gasteiger partial charge < -0.3 is 9.84 Å². The largest absolute Gasteiger partial charge is 0.359 e. The summed E-state index contributed by atoms with van der Waals surface area (Å²) >= 11 is 0. The van der Waals surface area contributed by atoms with E-state index in [9.17, 15) is 13.2 Å². The number of nitrogens with one attached hydrogen (secondary N) is 1. The highest BCUT2D eigenvalue weighted by atomic mass is 32.2. The van der Waals surface area contributed by atoms with E-state index < -0.39 is 9.84 Å². The van der Waals surface area contributed by atoms with Crippen molar-refractivity contribution in [2.24, 2.45) is 0 Å². The number of likely N-dealkylation sites (N-methyl/N-ethyl adjacent to an activating group) is 1. The zero-order valence-corrected chi connectivity index (χ0v) is 13.1. The molecule has 1 N–H and O–H groups in total. The average molecular weight is 315 g/mol. The first-order valence-electron chi connectivity index (χ1n) is 7.01. The molecule has 1 aromatic rings. The number of aromatic nitrogens is 1. The number of amides is 1. The second kappa shape index (κ2) is 6.57. The third kappa shape index (κ3) is 4.53. The zero-order chi connectivity index (χ0) is 15.5. The molecule has 2 rings (SSSR count). The van der Waals surface area contributed by atoms with Gasteiger partial charge in [-0.2, -0.15) is 0 Å². The van der Waals surface area contributed by atoms with Gasteiger partial charge in [-0.3, -0.25) is 9.69 Å². The van der Waals surface area contributed by atoms with Gasteiger partial charge in [0.05, 0.1) is 30.3 Å². The van der Waals surface area contributed by atoms with Crippen molar-refractivity contribution in [1.82, 2.24) is 15.4 Å². The first kappa shape index (κ1) is 16.0. The first-order chi connectivity index (χ1) is 9.89. The van der Waals surface area contributed by atoms with Crippen LogP contribution in [-0.2, 0) is 27.6 Å². The SMILES string of the molecule is CCc1cc(CNC(=O)CN(C)[C@H]2CCS(=O)(=O)C2)on1. The predicted octanol–water partition coefficient (Wildman–Crippen LogP) is -0.0279. The number of rotatable bonds is 6. The maximum atomic E-state index is 11.9. The molecule has 21 heavy (non-hydrogen) atoms. The van der Waals surface area contributed by atoms with Crippen molar-refractivity contribution in [3.63, 3.8) is 0 Å². The van der Waals surface area contributed by atoms with Crippen LogP contribution in [0.1, 0.15) is 24.8 Å². The highest BCUT2D eigenvalue weighted by Gasteiger charge is 2.31. The Kier molecular flexibility index (Phi) is 5.00. The Bertz CT molecular complexity index is 596. The number of nitrogens with zero attached hydrogens (tertiary/aromatic N) is 2. The Morgan fingerprint density at radius 2 is 2.33 bits per heavy atom. The number of carbonyl (C=O) groups excluding carboxylic acids is 1. The van der Waals surface area contributed by atoms with Crippen LogP contribution in [0.15, 0.2) is 10.6 Å². The molecule has 1 atom stereocenters. The summed E-state index contributed by atoms with van der Waals surface area (Å²) in [5, 5.41) is 6.60. The van der Waals surface area contributed by atoms with E-state index in [-0.39, 0.29) is 30.0 Å². The fourth-order valence-corrected chi connectivity index (χ4v) is 4.13. The van der Waals surface area contributed by atoms with Crippen molar-refractivity contribution in [2.75, 3.05) is 25.1 Å². The quantitative estimate of drug-likeness (QED) is 0.792. The molecular weight excluding hydrogens is 294 g/mol. The normalized spacial score (nSPS) is 20.8. The summed E-state index contributed by atoms with van der Waals surface area (Å²) in [6, 6.07) is 1.74. The number of hydrogen-bond acceptors (Lipinski definition) is 6. The molecule has 1 aliphatic heterocycles. The van der Waals surface area contributed by atoms with Crippen LogP contribution in [0.25, 0.3) is 0 Å². The van der Waals surface area contributed by atoms with Crippen molar-refractivity contribution >= 4 is 15.7 Å². The third-order valence-electron chi connectivity index (χ3n) is 3.65. The lowest BCUT2D eigenvalue weighted by Gasteiger charge is -2.22. The fourth-order valence-electron chi connectivity index (χ4n) is 2.33. The van der Waals surface area contributed by atoms with E-state index >= 15 is 0 Å². The van der Waals surface area contributed by atoms with Crippen LogP contribution in [0.5, 0.6) is 0 Å². The van der Waals surface area contributed by atoms with Gasteiger partial charge in [-0.15, -0.1) is 0 Å². The Hall–Kier alpha value is -1.41. The number of aryl methyl sites for hydroxylation is 1. The molecule has 0 aliphatic carbocycles. The number of carbonyl (C=O) groups is 1. The lowest BCUT2D eigenvalue weighted by Crippen LogP contribution is -2.40. The molecule has 7 nitrogen and oxygen atoms in total. The summed E-state index contributed by atoms with van der Waals surface area (Å²) in [6.45, 7) is 2.45. The van der Waals surface area contributed by atoms with E-state index in [1.54, 1.807) is 11.9 Å². The predicted molar refractivity (Wildman–Crippen MR) is 77.4 cm³/mol. The second-order valence-corrected chi connectivity index (χ2v) is 7.62. The van der Waals surface area contributed by atoms with E-state index in [1.165, 1.54) is 0 Å². The van der Waals surface area contributed by atoms with Gasteiger partial charge in [0.2, 0.25) is 5.91 Å². The Morgan fingerprint density at radius 3 is 2.90 bits per heavy atom. The van der Waals surface area contributed by atoms with Crippen molar-refractivity contribution in [3.05, 3.63) is 17.5 Å². The molecule has 2 heterocycles. The number of hydrogen-bond donors (Lipinski definition) is 1. The molecule has 1 amide bonds. The van der Waals surface area contributed by atoms with Gasteiger partial charge in [-0.25, -0.2) is 8.42 Å². The van der Waals surface area contributed by atoms with E-state index in [0.29, 0.717) is 18.7 Å². The van der Waals surface area contributed by atoms with Crippen LogP contribution in [0, 0.1) is 0 Å². The molecule has 0 saturated carbocycles. The lowest BCUT2D eigenvalue weighted by molar-refractivity contribution is -0.122. The third-order valence-corrected chi connectivity index (χ3v) is 5.40. The van der Waals surface area contributed by atoms with Gasteiger partial charge in [-0.1, -0.05) is 12.1 Å². The summed E-state index contributed by atoms with van der Waals surface area (Å²) in [5.74, 6) is 0.808. The van der Waals surface area contributed by atoms with Crippen molar-refractivity contribution in [2.45, 2.75) is 32.4 Å². The Morgan fingerprint density at radius 1 is 1.57 bits per heavy atom. The highest BCUT2D eigenvalue weighted by molar-refractivity contribution is 7.91. The van der Waals surface area contributed by atoms with Crippen LogP contribution in [-0.4, -0.2) is 55.5 Å². The standard InChI is InChI=1S/C13H21N3O4S/c1-3-10-6-12(20-15-10)7-14-13(17)8-16(2)11-4-5-21(18,19)9-11/h6,11H,3-5,7-9H2,1-2H3,(H,14,17)/t11-/m0/s1. The molecular formula is C13H21N3O4S. The smallest absolute Gasteiger partial charge is 0.234 e. The van der Waals surface area contributed by atoms with E-state index in [2.05, 4.69) is 10.5 Å². The molecule has 0 spiro atoms. The number of sulfone groups is 1. The second-order valence-electron chi connectivity index (χ2n) is 5.39. The summed E-state index contributed by atoms with van der Waals surface area (Å²) in [4.78, 5) is 13.6. The fraction of sp³-hybridized carbons (Fsp3) is 0.692. The van der Waals surface area contributed by atoms with Crippen LogP contribution < -0.4 is 5.32 Å². The van der Waals surface area contributed by atoms with Crippen LogP contribution in [0.3, 0.4) is 0 Å². The molecule has 0 radical (unpaired) electrons. The molecule has 8 heteroatoms. The monoisotopic (exact) mass is 315 g/mol. The summed E-state index contributed by atoms with van der Waals surface area (Å²) in [7, 11) is -1.16. The maximum Gasteiger partial charge on any atom is 0.234 e. The maximum absolute atomic E-state index is 11.9. The molecule has 0 unspecified atom stereocenters. The highest BCUT2D eigenvalue weighted by Crippen LogP contribution is 2.16. The minimum absolute atomic E-state index is 0.0716. The van der Waals surface area contributed by atoms with E-state index in [0.717, 1.165) is 12.1 Å². The van der Waals surface area contributed by atoms with Gasteiger partial charge in [0.15, 0.2) is 15.6 Å². The molecule has 1 saturated heterocycles. The molecule has 118 valence electrons. The van der Waals surface area contributed by atoms with Gasteiger partial charge in [0, 0.05) is 12.1 Å². The topological polar surface area (TPSA) is 92.5 Å². The molecule has 1 aliphatic rings. The van der Waals surface area contributed by atoms with Gasteiger partial charge in [0.1, 0.15) is 0 Å². The molecule has 1 fully saturated rings. The Labute approximate surface area is 124 Å². The molecule has 0 bridgehead atoms. The van der Waals surface area contributed by atoms with Crippen molar-refractivity contribution in [3.8, 4) is 0 Å². The van der Waals surface area contributed by atoms with Gasteiger partial charge in [0.25, 0.3) is 0 Å². The zero-order valence-electron chi connectivity index (χ0n) is 12.3. The van der Waals surface area contributed by atoms with E-state index in [4.69, 9.17) is 4.52 Å². The summed E-state index contributed by atoms with van der Waals surface area (Å²) < 4.78 is 27.9. The van der Waals surface area contributed by atoms with Gasteiger partial charge in [-0.05, 0) is 19.9 Å². The molecule has 1 aromatic heterocycles. The van der Waals surface area contributed by atoms with Crippen molar-refractivity contribution in [1.29, 1.82) is 0 Å². The van der Waals surface area contributed by atoms with E-state index in [1.807, 2.05) is 13.0 Å². The van der Waals surface area contributed by atoms with Gasteiger partial charge >= 0.3 is 0 Å².